The number of likely N-dealkylation sites (N-methyl/N-ethyl adjacent to an activating group) is 1. The molecule has 0 aliphatic carbocycles. The van der Waals surface area contributed by atoms with Crippen LogP contribution in [0.3, 0.4) is 0 Å². The lowest BCUT2D eigenvalue weighted by molar-refractivity contribution is -0.870. The average Bonchev–Trinajstić information content (AvgIpc) is 3.12. The smallest absolute Gasteiger partial charge is 0.472 e. The molecule has 0 aromatic heterocycles. The third kappa shape index (κ3) is 39.7. The molecule has 0 heterocycles. The van der Waals surface area contributed by atoms with Crippen molar-refractivity contribution in [1.82, 2.24) is 0 Å². The van der Waals surface area contributed by atoms with Crippen molar-refractivity contribution in [3.63, 3.8) is 0 Å². The summed E-state index contributed by atoms with van der Waals surface area (Å²) in [5.74, 6) is -0.358. The number of ether oxygens (including phenoxy) is 2. The maximum absolute atomic E-state index is 12.4. The van der Waals surface area contributed by atoms with Crippen molar-refractivity contribution in [3.05, 3.63) is 60.9 Å². The van der Waals surface area contributed by atoms with Crippen molar-refractivity contribution >= 4 is 13.8 Å². The van der Waals surface area contributed by atoms with Crippen molar-refractivity contribution in [2.24, 2.45) is 0 Å². The number of carbonyl (C=O) groups is 1. The normalized spacial score (nSPS) is 14.9. The van der Waals surface area contributed by atoms with E-state index in [1.165, 1.54) is 89.9 Å². The highest BCUT2D eigenvalue weighted by atomic mass is 31.2. The van der Waals surface area contributed by atoms with Gasteiger partial charge in [0.25, 0.3) is 0 Å². The van der Waals surface area contributed by atoms with Crippen LogP contribution in [0.2, 0.25) is 0 Å². The summed E-state index contributed by atoms with van der Waals surface area (Å²) in [4.78, 5) is 22.6. The molecule has 10 heteroatoms. The lowest BCUT2D eigenvalue weighted by Crippen LogP contribution is -2.37. The van der Waals surface area contributed by atoms with Crippen molar-refractivity contribution < 1.29 is 42.4 Å². The molecule has 0 aromatic rings. The maximum Gasteiger partial charge on any atom is 0.472 e. The Morgan fingerprint density at radius 1 is 0.685 bits per heavy atom. The Kier molecular flexibility index (Phi) is 35.3. The van der Waals surface area contributed by atoms with Gasteiger partial charge in [-0.25, -0.2) is 4.57 Å². The van der Waals surface area contributed by atoms with Gasteiger partial charge in [0, 0.05) is 6.42 Å². The summed E-state index contributed by atoms with van der Waals surface area (Å²) in [7, 11) is 1.60. The molecule has 0 aliphatic rings. The van der Waals surface area contributed by atoms with E-state index < -0.39 is 20.0 Å². The Labute approximate surface area is 331 Å². The lowest BCUT2D eigenvalue weighted by atomic mass is 10.0. The summed E-state index contributed by atoms with van der Waals surface area (Å²) < 4.78 is 34.6. The largest absolute Gasteiger partial charge is 0.492 e. The Morgan fingerprint density at radius 3 is 1.93 bits per heavy atom. The number of rotatable bonds is 38. The molecule has 0 aromatic carbocycles. The number of quaternary nitrogens is 1. The first kappa shape index (κ1) is 52.0. The van der Waals surface area contributed by atoms with E-state index in [0.29, 0.717) is 23.9 Å². The van der Waals surface area contributed by atoms with Gasteiger partial charge in [0.15, 0.2) is 6.10 Å². The van der Waals surface area contributed by atoms with Gasteiger partial charge in [-0.2, -0.15) is 0 Å². The zero-order valence-corrected chi connectivity index (χ0v) is 35.9. The second-order valence-electron chi connectivity index (χ2n) is 15.3. The van der Waals surface area contributed by atoms with Gasteiger partial charge in [-0.3, -0.25) is 13.8 Å². The van der Waals surface area contributed by atoms with E-state index in [4.69, 9.17) is 18.5 Å². The zero-order valence-electron chi connectivity index (χ0n) is 35.1. The van der Waals surface area contributed by atoms with Crippen molar-refractivity contribution in [2.45, 2.75) is 167 Å². The highest BCUT2D eigenvalue weighted by molar-refractivity contribution is 7.47. The number of phosphoric ester groups is 1. The second kappa shape index (κ2) is 36.6. The molecule has 1 unspecified atom stereocenters. The van der Waals surface area contributed by atoms with Crippen LogP contribution in [-0.2, 0) is 27.9 Å². The standard InChI is InChI=1S/C44H80NO8P/c1-6-8-10-12-14-15-16-17-18-19-22-25-29-33-38-50-43(41-53-54(48,49)52-39-37-45(3,4)5)40-51-44(47)36-32-28-24-21-20-23-27-31-35-42(46)34-30-26-13-11-9-7-2/h21,23-24,26-27,30-31,33,35,38,42-43,46H,6-20,22,25,28-29,32,34,36-37,39-41H2,1-5H3/p+1/b24-21-,27-23-,30-26-,35-31+,38-33+/t42-,43-/m1/s1. The zero-order chi connectivity index (χ0) is 40.0. The van der Waals surface area contributed by atoms with Crippen LogP contribution in [0.5, 0.6) is 0 Å². The van der Waals surface area contributed by atoms with Gasteiger partial charge in [-0.15, -0.1) is 0 Å². The number of esters is 1. The number of hydrogen-bond acceptors (Lipinski definition) is 7. The molecule has 0 saturated carbocycles. The molecular formula is C44H81NO8P+. The topological polar surface area (TPSA) is 112 Å². The van der Waals surface area contributed by atoms with E-state index in [-0.39, 0.29) is 32.2 Å². The predicted molar refractivity (Wildman–Crippen MR) is 225 cm³/mol. The van der Waals surface area contributed by atoms with Crippen molar-refractivity contribution in [3.8, 4) is 0 Å². The molecule has 0 amide bonds. The molecule has 3 atom stereocenters. The van der Waals surface area contributed by atoms with Crippen LogP contribution in [0.4, 0.5) is 0 Å². The molecule has 314 valence electrons. The van der Waals surface area contributed by atoms with Crippen LogP contribution >= 0.6 is 7.82 Å². The fraction of sp³-hybridized carbons (Fsp3) is 0.750. The molecule has 0 bridgehead atoms. The number of unbranched alkanes of at least 4 members (excludes halogenated alkanes) is 16. The fourth-order valence-electron chi connectivity index (χ4n) is 5.32. The number of nitrogens with zero attached hydrogens (tertiary/aromatic N) is 1. The molecule has 0 rings (SSSR count). The summed E-state index contributed by atoms with van der Waals surface area (Å²) in [6.07, 6.45) is 42.4. The number of carbonyl (C=O) groups excluding carboxylic acids is 1. The molecule has 0 aliphatic heterocycles. The summed E-state index contributed by atoms with van der Waals surface area (Å²) in [6.45, 7) is 4.71. The van der Waals surface area contributed by atoms with E-state index in [1.54, 1.807) is 12.3 Å². The summed E-state index contributed by atoms with van der Waals surface area (Å²) in [6, 6.07) is 0. The second-order valence-corrected chi connectivity index (χ2v) is 16.7. The Bertz CT molecular complexity index is 1070. The highest BCUT2D eigenvalue weighted by Crippen LogP contribution is 2.43. The first-order valence-corrected chi connectivity index (χ1v) is 22.7. The van der Waals surface area contributed by atoms with Crippen molar-refractivity contribution in [2.75, 3.05) is 47.5 Å². The first-order chi connectivity index (χ1) is 26.0. The number of aliphatic hydroxyl groups excluding tert-OH is 1. The summed E-state index contributed by atoms with van der Waals surface area (Å²) in [5, 5.41) is 10.0. The van der Waals surface area contributed by atoms with Crippen LogP contribution in [0, 0.1) is 0 Å². The van der Waals surface area contributed by atoms with E-state index in [2.05, 4.69) is 19.9 Å². The Morgan fingerprint density at radius 2 is 1.26 bits per heavy atom. The number of hydrogen-bond donors (Lipinski definition) is 2. The molecular weight excluding hydrogens is 701 g/mol. The van der Waals surface area contributed by atoms with Crippen LogP contribution < -0.4 is 0 Å². The van der Waals surface area contributed by atoms with Crippen LogP contribution in [0.1, 0.15) is 155 Å². The minimum Gasteiger partial charge on any atom is -0.492 e. The SMILES string of the molecule is CCCCC/C=C\C[C@@H](O)/C=C/C=C\C/C=C\CCCC(=O)OC[C@H](COP(=O)(O)OCC[N+](C)(C)C)O/C=C/CCCCCCCCCCCCCC. The minimum atomic E-state index is -4.29. The average molecular weight is 783 g/mol. The number of aliphatic hydroxyl groups is 1. The molecule has 0 spiro atoms. The van der Waals surface area contributed by atoms with Gasteiger partial charge in [0.1, 0.15) is 19.8 Å². The molecule has 0 saturated heterocycles. The monoisotopic (exact) mass is 783 g/mol. The van der Waals surface area contributed by atoms with Crippen LogP contribution in [0.25, 0.3) is 0 Å². The van der Waals surface area contributed by atoms with Crippen LogP contribution in [0.15, 0.2) is 60.9 Å². The van der Waals surface area contributed by atoms with E-state index >= 15 is 0 Å². The van der Waals surface area contributed by atoms with Gasteiger partial charge >= 0.3 is 13.8 Å². The quantitative estimate of drug-likeness (QED) is 0.0121. The third-order valence-electron chi connectivity index (χ3n) is 8.75. The highest BCUT2D eigenvalue weighted by Gasteiger charge is 2.25. The van der Waals surface area contributed by atoms with Gasteiger partial charge in [0.2, 0.25) is 0 Å². The fourth-order valence-corrected chi connectivity index (χ4v) is 6.06. The third-order valence-corrected chi connectivity index (χ3v) is 9.74. The van der Waals surface area contributed by atoms with E-state index in [9.17, 15) is 19.4 Å². The van der Waals surface area contributed by atoms with Crippen LogP contribution in [-0.4, -0.2) is 80.2 Å². The molecule has 2 N–H and O–H groups in total. The minimum absolute atomic E-state index is 0.0695. The summed E-state index contributed by atoms with van der Waals surface area (Å²) in [5.41, 5.74) is 0. The lowest BCUT2D eigenvalue weighted by Gasteiger charge is -2.24. The number of phosphoric acid groups is 1. The Hall–Kier alpha value is -2.00. The van der Waals surface area contributed by atoms with Crippen molar-refractivity contribution in [1.29, 1.82) is 0 Å². The van der Waals surface area contributed by atoms with Gasteiger partial charge in [0.05, 0.1) is 40.1 Å². The predicted octanol–water partition coefficient (Wildman–Crippen LogP) is 11.5. The molecule has 54 heavy (non-hydrogen) atoms. The molecule has 0 radical (unpaired) electrons. The van der Waals surface area contributed by atoms with Gasteiger partial charge < -0.3 is 24.0 Å². The molecule has 9 nitrogen and oxygen atoms in total. The number of allylic oxidation sites excluding steroid dienone is 7. The van der Waals surface area contributed by atoms with Gasteiger partial charge in [-0.05, 0) is 57.4 Å². The Balaban J connectivity index is 4.47. The maximum atomic E-state index is 12.4. The van der Waals surface area contributed by atoms with E-state index in [1.807, 2.05) is 63.7 Å². The molecule has 0 fully saturated rings. The summed E-state index contributed by atoms with van der Waals surface area (Å²) >= 11 is 0. The first-order valence-electron chi connectivity index (χ1n) is 21.2. The van der Waals surface area contributed by atoms with E-state index in [0.717, 1.165) is 32.1 Å². The van der Waals surface area contributed by atoms with Gasteiger partial charge in [-0.1, -0.05) is 146 Å².